The maximum absolute atomic E-state index is 11.3. The van der Waals surface area contributed by atoms with E-state index in [2.05, 4.69) is 0 Å². The zero-order valence-electron chi connectivity index (χ0n) is 18.0. The second-order valence-corrected chi connectivity index (χ2v) is 11.1. The van der Waals surface area contributed by atoms with Crippen molar-refractivity contribution >= 4 is 26.1 Å². The first-order valence-electron chi connectivity index (χ1n) is 10.4. The summed E-state index contributed by atoms with van der Waals surface area (Å²) in [7, 11) is -8.46. The van der Waals surface area contributed by atoms with E-state index in [0.29, 0.717) is 13.1 Å². The molecular weight excluding hydrogens is 474 g/mol. The molecule has 174 valence electrons. The predicted molar refractivity (Wildman–Crippen MR) is 126 cm³/mol. The molecule has 4 aromatic rings. The van der Waals surface area contributed by atoms with Gasteiger partial charge in [-0.2, -0.15) is 0 Å². The molecule has 0 aliphatic carbocycles. The first-order valence-corrected chi connectivity index (χ1v) is 13.6. The predicted octanol–water partition coefficient (Wildman–Crippen LogP) is 0.561. The quantitative estimate of drug-likeness (QED) is 0.218. The van der Waals surface area contributed by atoms with Crippen molar-refractivity contribution in [3.05, 3.63) is 109 Å². The highest BCUT2D eigenvalue weighted by Crippen LogP contribution is 2.37. The molecule has 0 radical (unpaired) electrons. The monoisotopic (exact) mass is 498 g/mol. The average molecular weight is 498 g/mol. The number of aromatic nitrogens is 2. The molecule has 0 unspecified atom stereocenters. The lowest BCUT2D eigenvalue weighted by atomic mass is 10.1. The van der Waals surface area contributed by atoms with Crippen LogP contribution in [0.4, 0.5) is 0 Å². The van der Waals surface area contributed by atoms with E-state index in [9.17, 15) is 29.0 Å². The summed E-state index contributed by atoms with van der Waals surface area (Å²) in [5.74, 6) is 0. The normalized spacial score (nSPS) is 12.0. The summed E-state index contributed by atoms with van der Waals surface area (Å²) < 4.78 is 15.3. The molecule has 0 fully saturated rings. The minimum atomic E-state index is -4.23. The molecule has 2 heterocycles. The van der Waals surface area contributed by atoms with Crippen LogP contribution in [0, 0.1) is 0 Å². The molecule has 2 aromatic heterocycles. The van der Waals surface area contributed by atoms with E-state index in [1.807, 2.05) is 58.2 Å². The molecule has 10 heteroatoms. The first-order chi connectivity index (χ1) is 16.1. The summed E-state index contributed by atoms with van der Waals surface area (Å²) in [5, 5.41) is 0.0205. The molecule has 0 aliphatic heterocycles. The van der Waals surface area contributed by atoms with E-state index < -0.39 is 15.5 Å². The van der Waals surface area contributed by atoms with Gasteiger partial charge in [0.1, 0.15) is 5.30 Å². The highest BCUT2D eigenvalue weighted by Gasteiger charge is 2.22. The van der Waals surface area contributed by atoms with Crippen molar-refractivity contribution in [1.82, 2.24) is 0 Å². The Morgan fingerprint density at radius 3 is 1.41 bits per heavy atom. The fraction of sp³-hybridized carbons (Fsp3) is 0.0833. The SMILES string of the molecule is O=P(O)(O)c1ccc(C[n+]2ccc(-c3cc[n+](Cc4ccc([P+]([O-])(O)O)cc4)cc3)cc2)cc1. The summed E-state index contributed by atoms with van der Waals surface area (Å²) in [4.78, 5) is 48.2. The van der Waals surface area contributed by atoms with Crippen molar-refractivity contribution in [2.75, 3.05) is 0 Å². The standard InChI is InChI=1S/C24H22N2O6P2/c27-33(28,29)23-5-1-19(2-6-23)17-25-13-9-21(10-14-25)22-11-15-26(16-12-22)18-20-3-7-24(8-4-20)34(30,31)32/h1-16H,17-18H2,(H2-2,27,28,29,30,31,32)/p+2. The lowest BCUT2D eigenvalue weighted by Gasteiger charge is -2.14. The van der Waals surface area contributed by atoms with E-state index in [-0.39, 0.29) is 10.6 Å². The van der Waals surface area contributed by atoms with Crippen molar-refractivity contribution in [1.29, 1.82) is 0 Å². The number of hydrogen-bond acceptors (Lipinski definition) is 4. The van der Waals surface area contributed by atoms with E-state index in [4.69, 9.17) is 0 Å². The highest BCUT2D eigenvalue weighted by atomic mass is 31.2. The molecular formula is C24H24N2O6P2+2. The van der Waals surface area contributed by atoms with Gasteiger partial charge in [0.2, 0.25) is 0 Å². The smallest absolute Gasteiger partial charge is 0.356 e. The van der Waals surface area contributed by atoms with Crippen LogP contribution in [0.3, 0.4) is 0 Å². The van der Waals surface area contributed by atoms with Crippen LogP contribution < -0.4 is 24.6 Å². The molecule has 4 rings (SSSR count). The number of rotatable bonds is 7. The second kappa shape index (κ2) is 9.82. The largest absolute Gasteiger partial charge is 0.627 e. The third kappa shape index (κ3) is 6.20. The number of nitrogens with zero attached hydrogens (tertiary/aromatic N) is 2. The van der Waals surface area contributed by atoms with Crippen molar-refractivity contribution in [2.45, 2.75) is 13.1 Å². The van der Waals surface area contributed by atoms with E-state index >= 15 is 0 Å². The number of pyridine rings is 2. The Hall–Kier alpha value is -2.80. The van der Waals surface area contributed by atoms with Gasteiger partial charge in [0.15, 0.2) is 37.9 Å². The van der Waals surface area contributed by atoms with Crippen LogP contribution in [0.5, 0.6) is 0 Å². The van der Waals surface area contributed by atoms with Crippen LogP contribution in [0.1, 0.15) is 11.1 Å². The zero-order valence-corrected chi connectivity index (χ0v) is 19.8. The van der Waals surface area contributed by atoms with Gasteiger partial charge < -0.3 is 14.7 Å². The van der Waals surface area contributed by atoms with Gasteiger partial charge in [0, 0.05) is 35.4 Å². The van der Waals surface area contributed by atoms with Crippen LogP contribution in [0.2, 0.25) is 0 Å². The zero-order chi connectivity index (χ0) is 24.3. The molecule has 0 atom stereocenters. The fourth-order valence-electron chi connectivity index (χ4n) is 3.52. The number of hydrogen-bond donors (Lipinski definition) is 4. The van der Waals surface area contributed by atoms with Gasteiger partial charge >= 0.3 is 7.60 Å². The lowest BCUT2D eigenvalue weighted by Crippen LogP contribution is -2.33. The van der Waals surface area contributed by atoms with Crippen molar-refractivity contribution in [2.24, 2.45) is 0 Å². The Morgan fingerprint density at radius 2 is 1.06 bits per heavy atom. The maximum Gasteiger partial charge on any atom is 0.356 e. The van der Waals surface area contributed by atoms with Gasteiger partial charge in [0.05, 0.1) is 5.30 Å². The molecule has 0 saturated carbocycles. The Kier molecular flexibility index (Phi) is 7.03. The summed E-state index contributed by atoms with van der Waals surface area (Å²) in [5.41, 5.74) is 3.96. The third-order valence-electron chi connectivity index (χ3n) is 5.39. The maximum atomic E-state index is 11.3. The van der Waals surface area contributed by atoms with Gasteiger partial charge in [-0.1, -0.05) is 12.1 Å². The minimum absolute atomic E-state index is 0.0102. The molecule has 0 bridgehead atoms. The third-order valence-corrected chi connectivity index (χ3v) is 7.33. The lowest BCUT2D eigenvalue weighted by molar-refractivity contribution is -0.688. The van der Waals surface area contributed by atoms with Crippen LogP contribution in [-0.2, 0) is 17.7 Å². The van der Waals surface area contributed by atoms with Crippen LogP contribution in [-0.4, -0.2) is 19.6 Å². The van der Waals surface area contributed by atoms with Gasteiger partial charge in [0.25, 0.3) is 7.94 Å². The van der Waals surface area contributed by atoms with Crippen molar-refractivity contribution in [3.63, 3.8) is 0 Å². The Morgan fingerprint density at radius 1 is 0.676 bits per heavy atom. The van der Waals surface area contributed by atoms with Crippen LogP contribution >= 0.6 is 15.5 Å². The summed E-state index contributed by atoms with van der Waals surface area (Å²) in [6.07, 6.45) is 7.82. The van der Waals surface area contributed by atoms with Crippen LogP contribution in [0.25, 0.3) is 11.1 Å². The van der Waals surface area contributed by atoms with E-state index in [0.717, 1.165) is 22.3 Å². The van der Waals surface area contributed by atoms with Gasteiger partial charge in [-0.3, -0.25) is 4.57 Å². The van der Waals surface area contributed by atoms with Crippen molar-refractivity contribution < 1.29 is 38.2 Å². The van der Waals surface area contributed by atoms with Gasteiger partial charge in [-0.05, 0) is 47.5 Å². The average Bonchev–Trinajstić information content (AvgIpc) is 2.80. The topological polar surface area (TPSA) is 129 Å². The van der Waals surface area contributed by atoms with Gasteiger partial charge in [-0.15, -0.1) is 0 Å². The summed E-state index contributed by atoms with van der Waals surface area (Å²) in [6.45, 7) is 1.16. The minimum Gasteiger partial charge on any atom is -0.627 e. The summed E-state index contributed by atoms with van der Waals surface area (Å²) in [6, 6.07) is 20.7. The van der Waals surface area contributed by atoms with Crippen LogP contribution in [0.15, 0.2) is 97.6 Å². The molecule has 0 spiro atoms. The molecule has 4 N–H and O–H groups in total. The van der Waals surface area contributed by atoms with Gasteiger partial charge in [-0.25, -0.2) is 18.9 Å². The Balaban J connectivity index is 1.39. The molecule has 0 saturated heterocycles. The number of benzene rings is 2. The molecule has 8 nitrogen and oxygen atoms in total. The summed E-state index contributed by atoms with van der Waals surface area (Å²) >= 11 is 0. The molecule has 2 aromatic carbocycles. The molecule has 0 amide bonds. The van der Waals surface area contributed by atoms with E-state index in [1.54, 1.807) is 24.3 Å². The molecule has 34 heavy (non-hydrogen) atoms. The Bertz CT molecular complexity index is 1300. The Labute approximate surface area is 197 Å². The van der Waals surface area contributed by atoms with Crippen molar-refractivity contribution in [3.8, 4) is 11.1 Å². The van der Waals surface area contributed by atoms with E-state index in [1.165, 1.54) is 24.3 Å². The first kappa shape index (κ1) is 24.3. The highest BCUT2D eigenvalue weighted by molar-refractivity contribution is 7.65. The second-order valence-electron chi connectivity index (χ2n) is 7.94. The fourth-order valence-corrected chi connectivity index (χ4v) is 4.60. The molecule has 0 aliphatic rings.